The molecule has 2 N–H and O–H groups in total. The summed E-state index contributed by atoms with van der Waals surface area (Å²) in [7, 11) is 1.65. The summed E-state index contributed by atoms with van der Waals surface area (Å²) in [4.78, 5) is 11.5. The van der Waals surface area contributed by atoms with Crippen LogP contribution in [-0.2, 0) is 4.74 Å². The fraction of sp³-hybridized carbons (Fsp3) is 0.444. The first-order valence-electron chi connectivity index (χ1n) is 4.23. The second-order valence-electron chi connectivity index (χ2n) is 3.25. The Kier molecular flexibility index (Phi) is 3.18. The number of nitrogens with zero attached hydrogens (tertiary/aromatic N) is 1. The first-order chi connectivity index (χ1) is 6.24. The molecule has 0 amide bonds. The van der Waals surface area contributed by atoms with E-state index in [1.54, 1.807) is 30.0 Å². The molecule has 2 rings (SSSR count). The van der Waals surface area contributed by atoms with Gasteiger partial charge in [0.2, 0.25) is 0 Å². The lowest BCUT2D eigenvalue weighted by molar-refractivity contribution is 0.169. The fourth-order valence-electron chi connectivity index (χ4n) is 1.49. The zero-order valence-corrected chi connectivity index (χ0v) is 8.66. The van der Waals surface area contributed by atoms with Crippen molar-refractivity contribution in [2.24, 2.45) is 0 Å². The van der Waals surface area contributed by atoms with Crippen LogP contribution in [0.1, 0.15) is 12.5 Å². The quantitative estimate of drug-likeness (QED) is 0.796. The Morgan fingerprint density at radius 3 is 2.93 bits per heavy atom. The van der Waals surface area contributed by atoms with E-state index < -0.39 is 0 Å². The third-order valence-corrected chi connectivity index (χ3v) is 2.36. The van der Waals surface area contributed by atoms with Crippen molar-refractivity contribution >= 4 is 18.1 Å². The van der Waals surface area contributed by atoms with Crippen LogP contribution >= 0.6 is 12.4 Å². The molecule has 78 valence electrons. The molecule has 1 aliphatic rings. The van der Waals surface area contributed by atoms with Gasteiger partial charge in [-0.3, -0.25) is 4.79 Å². The van der Waals surface area contributed by atoms with Gasteiger partial charge in [-0.05, 0) is 18.6 Å². The number of rotatable bonds is 2. The van der Waals surface area contributed by atoms with Crippen LogP contribution in [0.25, 0.3) is 0 Å². The van der Waals surface area contributed by atoms with E-state index >= 15 is 0 Å². The Morgan fingerprint density at radius 2 is 2.36 bits per heavy atom. The number of anilines is 1. The highest BCUT2D eigenvalue weighted by atomic mass is 35.5. The highest BCUT2D eigenvalue weighted by Gasteiger charge is 2.39. The van der Waals surface area contributed by atoms with Gasteiger partial charge in [-0.15, -0.1) is 12.4 Å². The van der Waals surface area contributed by atoms with Crippen LogP contribution in [0.5, 0.6) is 0 Å². The Labute approximate surface area is 88.1 Å². The molecule has 0 spiro atoms. The van der Waals surface area contributed by atoms with Crippen LogP contribution in [-0.4, -0.2) is 17.8 Å². The number of ether oxygens (including phenoxy) is 1. The average molecular weight is 217 g/mol. The van der Waals surface area contributed by atoms with Gasteiger partial charge in [0.25, 0.3) is 5.56 Å². The molecule has 0 aromatic carbocycles. The van der Waals surface area contributed by atoms with Crippen LogP contribution < -0.4 is 11.3 Å². The van der Waals surface area contributed by atoms with E-state index in [-0.39, 0.29) is 30.1 Å². The van der Waals surface area contributed by atoms with Gasteiger partial charge in [0, 0.05) is 13.3 Å². The Morgan fingerprint density at radius 1 is 1.64 bits per heavy atom. The van der Waals surface area contributed by atoms with Crippen molar-refractivity contribution in [2.45, 2.75) is 18.6 Å². The first-order valence-corrected chi connectivity index (χ1v) is 4.23. The molecule has 1 heterocycles. The summed E-state index contributed by atoms with van der Waals surface area (Å²) in [5.74, 6) is 0. The van der Waals surface area contributed by atoms with E-state index in [9.17, 15) is 4.79 Å². The predicted molar refractivity (Wildman–Crippen MR) is 56.8 cm³/mol. The average Bonchev–Trinajstić information content (AvgIpc) is 2.89. The van der Waals surface area contributed by atoms with Gasteiger partial charge in [0.05, 0.1) is 17.8 Å². The Hall–Kier alpha value is -1.000. The van der Waals surface area contributed by atoms with Crippen molar-refractivity contribution < 1.29 is 4.74 Å². The Balaban J connectivity index is 0.000000980. The number of pyridine rings is 1. The van der Waals surface area contributed by atoms with Gasteiger partial charge in [-0.1, -0.05) is 0 Å². The summed E-state index contributed by atoms with van der Waals surface area (Å²) in [6.45, 7) is 0. The van der Waals surface area contributed by atoms with Crippen LogP contribution in [0.3, 0.4) is 0 Å². The van der Waals surface area contributed by atoms with Crippen molar-refractivity contribution in [1.29, 1.82) is 0 Å². The van der Waals surface area contributed by atoms with Gasteiger partial charge < -0.3 is 15.0 Å². The molecule has 1 aromatic heterocycles. The normalized spacial score (nSPS) is 24.1. The van der Waals surface area contributed by atoms with Crippen molar-refractivity contribution in [2.75, 3.05) is 12.8 Å². The standard InChI is InChI=1S/C9H12N2O2.ClH/c1-13-8-5-7(8)11-4-2-3-6(10)9(11)12;/h2-4,7-8H,5,10H2,1H3;1H/t7-,8-;/m0./s1. The Bertz CT molecular complexity index is 377. The zero-order chi connectivity index (χ0) is 9.42. The number of hydrogen-bond donors (Lipinski definition) is 1. The molecule has 2 atom stereocenters. The SMILES string of the molecule is CO[C@H]1C[C@@H]1n1cccc(N)c1=O.Cl. The molecule has 0 saturated heterocycles. The van der Waals surface area contributed by atoms with Crippen molar-refractivity contribution in [1.82, 2.24) is 4.57 Å². The van der Waals surface area contributed by atoms with Crippen molar-refractivity contribution in [3.63, 3.8) is 0 Å². The summed E-state index contributed by atoms with van der Waals surface area (Å²) < 4.78 is 6.76. The molecule has 0 radical (unpaired) electrons. The molecule has 0 aliphatic heterocycles. The minimum absolute atomic E-state index is 0. The second-order valence-corrected chi connectivity index (χ2v) is 3.25. The van der Waals surface area contributed by atoms with Gasteiger partial charge in [0.1, 0.15) is 0 Å². The number of nitrogen functional groups attached to an aromatic ring is 1. The third-order valence-electron chi connectivity index (χ3n) is 2.36. The number of halogens is 1. The molecular weight excluding hydrogens is 204 g/mol. The van der Waals surface area contributed by atoms with Crippen LogP contribution in [0.4, 0.5) is 5.69 Å². The highest BCUT2D eigenvalue weighted by Crippen LogP contribution is 2.36. The fourth-order valence-corrected chi connectivity index (χ4v) is 1.49. The molecule has 1 aromatic rings. The molecule has 14 heavy (non-hydrogen) atoms. The smallest absolute Gasteiger partial charge is 0.274 e. The summed E-state index contributed by atoms with van der Waals surface area (Å²) in [5.41, 5.74) is 5.68. The summed E-state index contributed by atoms with van der Waals surface area (Å²) >= 11 is 0. The second kappa shape index (κ2) is 4.02. The van der Waals surface area contributed by atoms with E-state index in [1.165, 1.54) is 0 Å². The van der Waals surface area contributed by atoms with Crippen LogP contribution in [0, 0.1) is 0 Å². The molecule has 1 aliphatic carbocycles. The van der Waals surface area contributed by atoms with Crippen LogP contribution in [0.2, 0.25) is 0 Å². The maximum atomic E-state index is 11.5. The summed E-state index contributed by atoms with van der Waals surface area (Å²) in [6, 6.07) is 3.58. The minimum Gasteiger partial charge on any atom is -0.394 e. The number of aromatic nitrogens is 1. The van der Waals surface area contributed by atoms with E-state index in [4.69, 9.17) is 10.5 Å². The largest absolute Gasteiger partial charge is 0.394 e. The van der Waals surface area contributed by atoms with E-state index in [0.29, 0.717) is 5.69 Å². The topological polar surface area (TPSA) is 57.2 Å². The number of hydrogen-bond acceptors (Lipinski definition) is 3. The summed E-state index contributed by atoms with van der Waals surface area (Å²) in [5, 5.41) is 0. The van der Waals surface area contributed by atoms with Gasteiger partial charge >= 0.3 is 0 Å². The van der Waals surface area contributed by atoms with Crippen molar-refractivity contribution in [3.8, 4) is 0 Å². The molecule has 1 fully saturated rings. The lowest BCUT2D eigenvalue weighted by Crippen LogP contribution is -2.22. The minimum atomic E-state index is -0.118. The molecule has 0 bridgehead atoms. The number of nitrogens with two attached hydrogens (primary N) is 1. The van der Waals surface area contributed by atoms with E-state index in [1.807, 2.05) is 0 Å². The maximum absolute atomic E-state index is 11.5. The zero-order valence-electron chi connectivity index (χ0n) is 7.84. The third kappa shape index (κ3) is 1.76. The van der Waals surface area contributed by atoms with E-state index in [2.05, 4.69) is 0 Å². The van der Waals surface area contributed by atoms with Gasteiger partial charge in [0.15, 0.2) is 0 Å². The molecule has 1 saturated carbocycles. The lowest BCUT2D eigenvalue weighted by atomic mass is 10.4. The first kappa shape index (κ1) is 11.1. The van der Waals surface area contributed by atoms with Crippen molar-refractivity contribution in [3.05, 3.63) is 28.7 Å². The molecule has 0 unspecified atom stereocenters. The maximum Gasteiger partial charge on any atom is 0.274 e. The van der Waals surface area contributed by atoms with Crippen LogP contribution in [0.15, 0.2) is 23.1 Å². The highest BCUT2D eigenvalue weighted by molar-refractivity contribution is 5.85. The molecular formula is C9H13ClN2O2. The lowest BCUT2D eigenvalue weighted by Gasteiger charge is -2.04. The monoisotopic (exact) mass is 216 g/mol. The molecule has 5 heteroatoms. The number of methoxy groups -OCH3 is 1. The summed E-state index contributed by atoms with van der Waals surface area (Å²) in [6.07, 6.45) is 2.84. The predicted octanol–water partition coefficient (Wildman–Crippen LogP) is 0.812. The molecule has 4 nitrogen and oxygen atoms in total. The van der Waals surface area contributed by atoms with E-state index in [0.717, 1.165) is 6.42 Å². The van der Waals surface area contributed by atoms with Gasteiger partial charge in [-0.25, -0.2) is 0 Å². The van der Waals surface area contributed by atoms with Gasteiger partial charge in [-0.2, -0.15) is 0 Å².